The van der Waals surface area contributed by atoms with Gasteiger partial charge in [0.05, 0.1) is 40.2 Å². The van der Waals surface area contributed by atoms with Crippen LogP contribution in [0, 0.1) is 11.8 Å². The number of hydrogen-bond donors (Lipinski definition) is 1. The molecule has 3 aliphatic heterocycles. The quantitative estimate of drug-likeness (QED) is 0.132. The van der Waals surface area contributed by atoms with E-state index in [1.54, 1.807) is 0 Å². The zero-order valence-corrected chi connectivity index (χ0v) is 62.8. The zero-order chi connectivity index (χ0) is 73.7. The number of benzene rings is 10. The summed E-state index contributed by atoms with van der Waals surface area (Å²) in [6, 6.07) is 93.4. The minimum absolute atomic E-state index is 0.00437. The summed E-state index contributed by atoms with van der Waals surface area (Å²) in [5, 5.41) is 9.29. The monoisotopic (exact) mass is 1440 g/mol. The van der Waals surface area contributed by atoms with Gasteiger partial charge in [-0.2, -0.15) is 0 Å². The number of allylic oxidation sites excluding steroid dienone is 17. The highest BCUT2D eigenvalue weighted by molar-refractivity contribution is 6.18. The van der Waals surface area contributed by atoms with Gasteiger partial charge >= 0.3 is 0 Å². The fourth-order valence-electron chi connectivity index (χ4n) is 20.5. The first-order valence-corrected chi connectivity index (χ1v) is 40.7. The van der Waals surface area contributed by atoms with Gasteiger partial charge in [-0.1, -0.05) is 285 Å². The van der Waals surface area contributed by atoms with Gasteiger partial charge in [-0.25, -0.2) is 0 Å². The summed E-state index contributed by atoms with van der Waals surface area (Å²) in [6.07, 6.45) is 52.0. The molecule has 10 aromatic carbocycles. The number of aromatic nitrogens is 3. The van der Waals surface area contributed by atoms with Crippen LogP contribution in [0.15, 0.2) is 357 Å². The van der Waals surface area contributed by atoms with Gasteiger partial charge in [0.1, 0.15) is 5.84 Å². The maximum absolute atomic E-state index is 5.58. The Balaban J connectivity index is 0.562. The summed E-state index contributed by atoms with van der Waals surface area (Å²) in [4.78, 5) is 8.28. The van der Waals surface area contributed by atoms with E-state index in [-0.39, 0.29) is 47.8 Å². The van der Waals surface area contributed by atoms with Crippen molar-refractivity contribution in [3.05, 3.63) is 419 Å². The second-order valence-electron chi connectivity index (χ2n) is 32.1. The number of nitrogens with zero attached hydrogens (tertiary/aromatic N) is 5. The van der Waals surface area contributed by atoms with Crippen LogP contribution in [-0.2, 0) is 12.8 Å². The molecule has 6 nitrogen and oxygen atoms in total. The summed E-state index contributed by atoms with van der Waals surface area (Å²) >= 11 is 0. The van der Waals surface area contributed by atoms with E-state index >= 15 is 0 Å². The first kappa shape index (κ1) is 66.4. The standard InChI is InChI=1S/C106H86N6/c1-5-25-69(26-6-1)71-47-53-82(54-48-71)109-98-43-19-15-39-87(98)91-55-49-76(64-104(91)109)74-51-57-102-93(61-74)89-41-17-21-45-100(89)111(102)84-67-96(73-31-11-4-12-32-73)107-97(68-84)80-35-23-33-78(59-80)85-37-13-14-38-86(85)79-34-24-36-83(60-79)110-99-44-20-16-40-88(99)92-56-50-77(65-105(92)110)75-52-58-103-94(62-75)90-42-18-22-46-101(90)112(103)106-66-81(70-27-7-2-8-28-70)63-95(108-106)72-29-9-3-10-30-72/h1-18,20-37,39-42,44-47,49-53,55-59,61-62,65-66,68,76,79,86,88,95-97,99,107H,19,38,43,48,54,60,63-64,67H2. The zero-order valence-electron chi connectivity index (χ0n) is 62.8. The predicted octanol–water partition coefficient (Wildman–Crippen LogP) is 25.7. The highest BCUT2D eigenvalue weighted by Gasteiger charge is 2.41. The van der Waals surface area contributed by atoms with Crippen molar-refractivity contribution in [2.45, 2.75) is 93.8 Å². The molecule has 0 amide bonds. The molecule has 0 fully saturated rings. The van der Waals surface area contributed by atoms with Gasteiger partial charge in [0.15, 0.2) is 0 Å². The van der Waals surface area contributed by atoms with Crippen LogP contribution in [0.25, 0.3) is 95.0 Å². The van der Waals surface area contributed by atoms with Crippen molar-refractivity contribution in [3.63, 3.8) is 0 Å². The Labute approximate surface area is 655 Å². The Morgan fingerprint density at radius 3 is 1.90 bits per heavy atom. The van der Waals surface area contributed by atoms with Crippen LogP contribution in [0.3, 0.4) is 0 Å². The van der Waals surface area contributed by atoms with Crippen molar-refractivity contribution in [3.8, 4) is 11.1 Å². The van der Waals surface area contributed by atoms with E-state index in [4.69, 9.17) is 4.99 Å². The average molecular weight is 1440 g/mol. The Morgan fingerprint density at radius 1 is 0.402 bits per heavy atom. The fraction of sp³-hybridized carbons (Fsp3) is 0.160. The van der Waals surface area contributed by atoms with Crippen molar-refractivity contribution in [1.82, 2.24) is 19.0 Å². The molecule has 0 saturated carbocycles. The van der Waals surface area contributed by atoms with Crippen molar-refractivity contribution >= 4 is 95.4 Å². The van der Waals surface area contributed by atoms with Crippen LogP contribution in [-0.4, -0.2) is 25.6 Å². The normalized spacial score (nSPS) is 22.2. The van der Waals surface area contributed by atoms with E-state index in [0.29, 0.717) is 0 Å². The molecule has 0 spiro atoms. The number of hydrogen-bond acceptors (Lipinski definition) is 3. The number of nitrogens with one attached hydrogen (secondary N) is 1. The van der Waals surface area contributed by atoms with Gasteiger partial charge in [0, 0.05) is 91.1 Å². The van der Waals surface area contributed by atoms with Gasteiger partial charge < -0.3 is 14.0 Å². The van der Waals surface area contributed by atoms with E-state index in [2.05, 4.69) is 382 Å². The Kier molecular flexibility index (Phi) is 16.4. The number of para-hydroxylation sites is 2. The summed E-state index contributed by atoms with van der Waals surface area (Å²) in [6.45, 7) is 0. The van der Waals surface area contributed by atoms with Crippen LogP contribution in [0.2, 0.25) is 0 Å². The second kappa shape index (κ2) is 27.7. The molecule has 9 aliphatic rings. The molecule has 6 heteroatoms. The molecule has 22 rings (SSSR count). The van der Waals surface area contributed by atoms with Crippen LogP contribution >= 0.6 is 0 Å². The lowest BCUT2D eigenvalue weighted by Crippen LogP contribution is -2.34. The molecule has 1 N–H and O–H groups in total. The van der Waals surface area contributed by atoms with Gasteiger partial charge in [-0.3, -0.25) is 14.9 Å². The molecule has 540 valence electrons. The smallest absolute Gasteiger partial charge is 0.133 e. The molecule has 6 heterocycles. The van der Waals surface area contributed by atoms with Crippen LogP contribution in [0.1, 0.15) is 142 Å². The number of fused-ring (bicyclic) bond motifs is 12. The molecule has 0 saturated heterocycles. The average Bonchev–Trinajstić information content (AvgIpc) is 1.59. The largest absolute Gasteiger partial charge is 0.337 e. The van der Waals surface area contributed by atoms with Crippen molar-refractivity contribution in [2.24, 2.45) is 16.8 Å². The molecule has 13 aromatic rings. The summed E-state index contributed by atoms with van der Waals surface area (Å²) < 4.78 is 7.70. The van der Waals surface area contributed by atoms with Gasteiger partial charge in [0.25, 0.3) is 0 Å². The summed E-state index contributed by atoms with van der Waals surface area (Å²) in [5.41, 5.74) is 33.0. The maximum atomic E-state index is 5.58. The van der Waals surface area contributed by atoms with E-state index in [1.807, 2.05) is 0 Å². The molecular weight excluding hydrogens is 1360 g/mol. The first-order valence-electron chi connectivity index (χ1n) is 40.7. The van der Waals surface area contributed by atoms with Crippen molar-refractivity contribution in [1.29, 1.82) is 0 Å². The lowest BCUT2D eigenvalue weighted by atomic mass is 9.74. The number of dihydropyridines is 1. The first-order chi connectivity index (χ1) is 55.5. The van der Waals surface area contributed by atoms with Crippen molar-refractivity contribution in [2.75, 3.05) is 4.90 Å². The van der Waals surface area contributed by atoms with E-state index in [9.17, 15) is 0 Å². The van der Waals surface area contributed by atoms with E-state index < -0.39 is 0 Å². The fourth-order valence-corrected chi connectivity index (χ4v) is 20.5. The van der Waals surface area contributed by atoms with Crippen molar-refractivity contribution < 1.29 is 0 Å². The lowest BCUT2D eigenvalue weighted by Gasteiger charge is -2.37. The topological polar surface area (TPSA) is 42.4 Å². The molecular formula is C106H86N6. The molecule has 0 radical (unpaired) electrons. The predicted molar refractivity (Wildman–Crippen MR) is 469 cm³/mol. The maximum Gasteiger partial charge on any atom is 0.133 e. The Bertz CT molecular complexity index is 6420. The molecule has 8 atom stereocenters. The van der Waals surface area contributed by atoms with Crippen LogP contribution < -0.4 is 10.2 Å². The minimum atomic E-state index is -0.0474. The third-order valence-corrected chi connectivity index (χ3v) is 25.8. The SMILES string of the molecule is C1=CCC(C2C=CC=C(N3c4cc(-c5ccc6c(c5)c5ccccc5n6C5=NC(c6ccccc6)CC(c6ccccc6)=C5)ccc4C4C=CC=CC43)C2)C(c2cccc(C3C=C(n4c5ccccc5c5cc(C6C=Cc7c8c(n(C9=CC=C(c%10ccccc%10)CC9)c7C6)CCC=C8)ccc54)CC(c4ccccc4)N3)c2)=C1. The summed E-state index contributed by atoms with van der Waals surface area (Å²) in [7, 11) is 0. The molecule has 0 bridgehead atoms. The van der Waals surface area contributed by atoms with E-state index in [1.165, 1.54) is 150 Å². The van der Waals surface area contributed by atoms with Gasteiger partial charge in [-0.05, 0) is 208 Å². The molecule has 6 aliphatic carbocycles. The molecule has 112 heavy (non-hydrogen) atoms. The third-order valence-electron chi connectivity index (χ3n) is 25.8. The molecule has 8 unspecified atom stereocenters. The number of rotatable bonds is 12. The highest BCUT2D eigenvalue weighted by atomic mass is 15.2. The van der Waals surface area contributed by atoms with Gasteiger partial charge in [0.2, 0.25) is 0 Å². The Morgan fingerprint density at radius 2 is 1.09 bits per heavy atom. The van der Waals surface area contributed by atoms with Gasteiger partial charge in [-0.15, -0.1) is 0 Å². The van der Waals surface area contributed by atoms with Crippen LogP contribution in [0.5, 0.6) is 0 Å². The van der Waals surface area contributed by atoms with E-state index in [0.717, 1.165) is 74.7 Å². The Hall–Kier alpha value is -12.6. The third kappa shape index (κ3) is 11.5. The minimum Gasteiger partial charge on any atom is -0.337 e. The lowest BCUT2D eigenvalue weighted by molar-refractivity contribution is 0.472. The molecule has 3 aromatic heterocycles. The number of aliphatic imine (C=N–C) groups is 1. The highest BCUT2D eigenvalue weighted by Crippen LogP contribution is 2.52. The van der Waals surface area contributed by atoms with Crippen LogP contribution in [0.4, 0.5) is 5.69 Å². The number of anilines is 1. The second-order valence-corrected chi connectivity index (χ2v) is 32.1. The summed E-state index contributed by atoms with van der Waals surface area (Å²) in [5.74, 6) is 2.03.